The second kappa shape index (κ2) is 3.69. The first-order valence-electron chi connectivity index (χ1n) is 3.84. The monoisotopic (exact) mass is 161 g/mol. The van der Waals surface area contributed by atoms with Crippen LogP contribution >= 0.6 is 0 Å². The summed E-state index contributed by atoms with van der Waals surface area (Å²) in [7, 11) is 1.62. The zero-order valence-corrected chi connectivity index (χ0v) is 7.65. The second-order valence-corrected chi connectivity index (χ2v) is 3.20. The molecular weight excluding hydrogens is 145 g/mol. The first-order chi connectivity index (χ1) is 4.89. The average molecular weight is 161 g/mol. The molecule has 0 saturated carbocycles. The molecule has 11 heavy (non-hydrogen) atoms. The van der Waals surface area contributed by atoms with Crippen LogP contribution in [0.3, 0.4) is 0 Å². The van der Waals surface area contributed by atoms with Gasteiger partial charge in [0.2, 0.25) is 0 Å². The van der Waals surface area contributed by atoms with E-state index in [-0.39, 0.29) is 0 Å². The van der Waals surface area contributed by atoms with Crippen molar-refractivity contribution in [3.8, 4) is 0 Å². The molecule has 0 saturated heterocycles. The van der Waals surface area contributed by atoms with E-state index in [1.54, 1.807) is 7.05 Å². The van der Waals surface area contributed by atoms with Crippen molar-refractivity contribution in [2.45, 2.75) is 32.9 Å². The maximum absolute atomic E-state index is 13.0. The smallest absolute Gasteiger partial charge is 0.259 e. The lowest BCUT2D eigenvalue weighted by molar-refractivity contribution is -0.140. The summed E-state index contributed by atoms with van der Waals surface area (Å²) in [6, 6.07) is 0. The van der Waals surface area contributed by atoms with Crippen LogP contribution in [-0.2, 0) is 4.79 Å². The first kappa shape index (κ1) is 10.4. The van der Waals surface area contributed by atoms with Gasteiger partial charge in [0.15, 0.2) is 5.67 Å². The summed E-state index contributed by atoms with van der Waals surface area (Å²) in [4.78, 5) is 12.5. The third-order valence-corrected chi connectivity index (χ3v) is 1.41. The fourth-order valence-corrected chi connectivity index (χ4v) is 0.891. The van der Waals surface area contributed by atoms with Gasteiger partial charge in [-0.1, -0.05) is 6.92 Å². The number of alkyl halides is 1. The van der Waals surface area contributed by atoms with Gasteiger partial charge in [-0.05, 0) is 20.3 Å². The summed E-state index contributed by atoms with van der Waals surface area (Å²) >= 11 is 0. The van der Waals surface area contributed by atoms with Crippen LogP contribution in [0.5, 0.6) is 0 Å². The third kappa shape index (κ3) is 3.35. The zero-order valence-electron chi connectivity index (χ0n) is 7.65. The van der Waals surface area contributed by atoms with E-state index in [1.165, 1.54) is 18.7 Å². The van der Waals surface area contributed by atoms with Crippen molar-refractivity contribution in [1.29, 1.82) is 0 Å². The molecule has 0 atom stereocenters. The molecule has 2 nitrogen and oxygen atoms in total. The molecule has 0 fully saturated rings. The minimum absolute atomic E-state index is 0.445. The van der Waals surface area contributed by atoms with Gasteiger partial charge in [0, 0.05) is 13.6 Å². The number of carbonyl (C=O) groups excluding carboxylic acids is 1. The Morgan fingerprint density at radius 1 is 1.55 bits per heavy atom. The van der Waals surface area contributed by atoms with E-state index < -0.39 is 11.6 Å². The molecule has 0 aromatic rings. The lowest BCUT2D eigenvalue weighted by Crippen LogP contribution is -2.40. The van der Waals surface area contributed by atoms with Crippen molar-refractivity contribution in [2.24, 2.45) is 0 Å². The summed E-state index contributed by atoms with van der Waals surface area (Å²) in [5.74, 6) is -0.445. The SMILES string of the molecule is CCCN(C)C(=O)C(C)(C)F. The average Bonchev–Trinajstić information content (AvgIpc) is 1.85. The highest BCUT2D eigenvalue weighted by Gasteiger charge is 2.29. The van der Waals surface area contributed by atoms with E-state index in [0.29, 0.717) is 6.54 Å². The standard InChI is InChI=1S/C8H16FNO/c1-5-6-10(4)7(11)8(2,3)9/h5-6H2,1-4H3. The molecule has 3 heteroatoms. The maximum Gasteiger partial charge on any atom is 0.259 e. The molecule has 0 aromatic carbocycles. The fraction of sp³-hybridized carbons (Fsp3) is 0.875. The van der Waals surface area contributed by atoms with E-state index in [1.807, 2.05) is 6.92 Å². The molecule has 0 rings (SSSR count). The molecule has 0 aliphatic carbocycles. The number of hydrogen-bond donors (Lipinski definition) is 0. The molecule has 0 bridgehead atoms. The van der Waals surface area contributed by atoms with Crippen LogP contribution in [0.4, 0.5) is 4.39 Å². The topological polar surface area (TPSA) is 20.3 Å². The van der Waals surface area contributed by atoms with Crippen LogP contribution in [0, 0.1) is 0 Å². The molecule has 0 aliphatic rings. The summed E-state index contributed by atoms with van der Waals surface area (Å²) in [5, 5.41) is 0. The number of halogens is 1. The zero-order chi connectivity index (χ0) is 9.07. The quantitative estimate of drug-likeness (QED) is 0.615. The van der Waals surface area contributed by atoms with Crippen molar-refractivity contribution >= 4 is 5.91 Å². The molecule has 0 radical (unpaired) electrons. The van der Waals surface area contributed by atoms with Crippen LogP contribution in [0.15, 0.2) is 0 Å². The van der Waals surface area contributed by atoms with Crippen LogP contribution in [0.2, 0.25) is 0 Å². The highest BCUT2D eigenvalue weighted by atomic mass is 19.1. The number of rotatable bonds is 3. The summed E-state index contributed by atoms with van der Waals surface area (Å²) in [5.41, 5.74) is -1.73. The molecule has 66 valence electrons. The summed E-state index contributed by atoms with van der Waals surface area (Å²) in [6.07, 6.45) is 0.859. The van der Waals surface area contributed by atoms with Crippen molar-refractivity contribution in [3.05, 3.63) is 0 Å². The predicted molar refractivity (Wildman–Crippen MR) is 43.1 cm³/mol. The van der Waals surface area contributed by atoms with Gasteiger partial charge >= 0.3 is 0 Å². The number of carbonyl (C=O) groups is 1. The largest absolute Gasteiger partial charge is 0.343 e. The second-order valence-electron chi connectivity index (χ2n) is 3.20. The Morgan fingerprint density at radius 2 is 2.00 bits per heavy atom. The van der Waals surface area contributed by atoms with Crippen molar-refractivity contribution < 1.29 is 9.18 Å². The summed E-state index contributed by atoms with van der Waals surface area (Å²) in [6.45, 7) is 5.13. The van der Waals surface area contributed by atoms with Crippen LogP contribution in [0.25, 0.3) is 0 Å². The van der Waals surface area contributed by atoms with Crippen LogP contribution in [0.1, 0.15) is 27.2 Å². The Morgan fingerprint density at radius 3 is 2.27 bits per heavy atom. The van der Waals surface area contributed by atoms with Gasteiger partial charge in [-0.25, -0.2) is 4.39 Å². The minimum Gasteiger partial charge on any atom is -0.343 e. The molecule has 0 heterocycles. The normalized spacial score (nSPS) is 11.4. The van der Waals surface area contributed by atoms with Crippen molar-refractivity contribution in [1.82, 2.24) is 4.90 Å². The number of hydrogen-bond acceptors (Lipinski definition) is 1. The third-order valence-electron chi connectivity index (χ3n) is 1.41. The molecule has 0 aromatic heterocycles. The molecule has 0 aliphatic heterocycles. The summed E-state index contributed by atoms with van der Waals surface area (Å²) < 4.78 is 13.0. The van der Waals surface area contributed by atoms with E-state index in [9.17, 15) is 9.18 Å². The molecule has 0 unspecified atom stereocenters. The van der Waals surface area contributed by atoms with Gasteiger partial charge in [0.25, 0.3) is 5.91 Å². The van der Waals surface area contributed by atoms with Crippen molar-refractivity contribution in [3.63, 3.8) is 0 Å². The van der Waals surface area contributed by atoms with Gasteiger partial charge in [-0.3, -0.25) is 4.79 Å². The molecule has 0 spiro atoms. The van der Waals surface area contributed by atoms with Gasteiger partial charge in [-0.15, -0.1) is 0 Å². The van der Waals surface area contributed by atoms with Gasteiger partial charge in [0.1, 0.15) is 0 Å². The van der Waals surface area contributed by atoms with Crippen LogP contribution in [-0.4, -0.2) is 30.1 Å². The fourth-order valence-electron chi connectivity index (χ4n) is 0.891. The van der Waals surface area contributed by atoms with E-state index in [0.717, 1.165) is 6.42 Å². The van der Waals surface area contributed by atoms with E-state index >= 15 is 0 Å². The van der Waals surface area contributed by atoms with E-state index in [4.69, 9.17) is 0 Å². The highest BCUT2D eigenvalue weighted by molar-refractivity contribution is 5.83. The highest BCUT2D eigenvalue weighted by Crippen LogP contribution is 2.11. The number of nitrogens with zero attached hydrogens (tertiary/aromatic N) is 1. The van der Waals surface area contributed by atoms with Gasteiger partial charge < -0.3 is 4.90 Å². The molecule has 1 amide bonds. The predicted octanol–water partition coefficient (Wildman–Crippen LogP) is 1.60. The molecular formula is C8H16FNO. The van der Waals surface area contributed by atoms with Gasteiger partial charge in [0.05, 0.1) is 0 Å². The lowest BCUT2D eigenvalue weighted by Gasteiger charge is -2.22. The minimum atomic E-state index is -1.73. The van der Waals surface area contributed by atoms with Crippen molar-refractivity contribution in [2.75, 3.05) is 13.6 Å². The van der Waals surface area contributed by atoms with E-state index in [2.05, 4.69) is 0 Å². The Hall–Kier alpha value is -0.600. The lowest BCUT2D eigenvalue weighted by atomic mass is 10.1. The Bertz CT molecular complexity index is 140. The Balaban J connectivity index is 4.03. The Kier molecular flexibility index (Phi) is 3.49. The number of amides is 1. The van der Waals surface area contributed by atoms with Crippen LogP contribution < -0.4 is 0 Å². The molecule has 0 N–H and O–H groups in total. The van der Waals surface area contributed by atoms with Gasteiger partial charge in [-0.2, -0.15) is 0 Å². The maximum atomic E-state index is 13.0. The Labute approximate surface area is 67.4 Å². The first-order valence-corrected chi connectivity index (χ1v) is 3.84.